The fourth-order valence-electron chi connectivity index (χ4n) is 2.72. The van der Waals surface area contributed by atoms with E-state index in [0.717, 1.165) is 13.1 Å². The minimum Gasteiger partial charge on any atom is -0.311 e. The lowest BCUT2D eigenvalue weighted by molar-refractivity contribution is 0.119. The maximum Gasteiger partial charge on any atom is 0.0473 e. The normalized spacial score (nSPS) is 25.5. The summed E-state index contributed by atoms with van der Waals surface area (Å²) in [7, 11) is 0. The van der Waals surface area contributed by atoms with Gasteiger partial charge in [0.25, 0.3) is 0 Å². The summed E-state index contributed by atoms with van der Waals surface area (Å²) in [5.41, 5.74) is 1.85. The van der Waals surface area contributed by atoms with Crippen LogP contribution in [0.2, 0.25) is 0 Å². The second kappa shape index (κ2) is 6.06. The molecule has 0 radical (unpaired) electrons. The Morgan fingerprint density at radius 3 is 2.53 bits per heavy atom. The molecule has 2 nitrogen and oxygen atoms in total. The fourth-order valence-corrected chi connectivity index (χ4v) is 2.72. The predicted octanol–water partition coefficient (Wildman–Crippen LogP) is 3.46. The molecule has 2 atom stereocenters. The van der Waals surface area contributed by atoms with Crippen LogP contribution >= 0.6 is 0 Å². The van der Waals surface area contributed by atoms with Crippen molar-refractivity contribution < 1.29 is 0 Å². The van der Waals surface area contributed by atoms with Gasteiger partial charge in [-0.2, -0.15) is 0 Å². The van der Waals surface area contributed by atoms with Crippen LogP contribution < -0.4 is 5.32 Å². The van der Waals surface area contributed by atoms with Crippen LogP contribution in [0.3, 0.4) is 0 Å². The molecular weight excluding hydrogens is 232 g/mol. The average molecular weight is 260 g/mol. The van der Waals surface area contributed by atoms with E-state index in [1.54, 1.807) is 0 Å². The summed E-state index contributed by atoms with van der Waals surface area (Å²) in [6.45, 7) is 12.7. The first-order valence-corrected chi connectivity index (χ1v) is 7.48. The number of rotatable bonds is 3. The fraction of sp³-hybridized carbons (Fsp3) is 0.647. The van der Waals surface area contributed by atoms with Gasteiger partial charge in [0.05, 0.1) is 0 Å². The molecule has 0 spiro atoms. The Morgan fingerprint density at radius 1 is 1.21 bits per heavy atom. The number of nitrogens with zero attached hydrogens (tertiary/aromatic N) is 1. The zero-order valence-corrected chi connectivity index (χ0v) is 12.8. The van der Waals surface area contributed by atoms with E-state index < -0.39 is 0 Å². The molecule has 2 unspecified atom stereocenters. The van der Waals surface area contributed by atoms with E-state index in [2.05, 4.69) is 68.2 Å². The van der Waals surface area contributed by atoms with Crippen LogP contribution in [0.4, 0.5) is 0 Å². The summed E-state index contributed by atoms with van der Waals surface area (Å²) >= 11 is 0. The minimum atomic E-state index is 0.412. The molecule has 1 aromatic carbocycles. The molecule has 1 fully saturated rings. The van der Waals surface area contributed by atoms with E-state index in [0.29, 0.717) is 17.5 Å². The van der Waals surface area contributed by atoms with Crippen LogP contribution in [-0.2, 0) is 0 Å². The Morgan fingerprint density at radius 2 is 1.89 bits per heavy atom. The molecule has 1 N–H and O–H groups in total. The molecule has 1 aromatic rings. The predicted molar refractivity (Wildman–Crippen MR) is 82.3 cm³/mol. The van der Waals surface area contributed by atoms with Gasteiger partial charge in [-0.05, 0) is 30.9 Å². The van der Waals surface area contributed by atoms with Crippen LogP contribution in [0.15, 0.2) is 30.3 Å². The van der Waals surface area contributed by atoms with E-state index in [-0.39, 0.29) is 0 Å². The molecule has 1 aliphatic rings. The highest BCUT2D eigenvalue weighted by atomic mass is 15.2. The summed E-state index contributed by atoms with van der Waals surface area (Å²) in [5, 5.41) is 3.62. The molecule has 0 bridgehead atoms. The summed E-state index contributed by atoms with van der Waals surface area (Å²) < 4.78 is 0. The average Bonchev–Trinajstić information content (AvgIpc) is 2.37. The van der Waals surface area contributed by atoms with Crippen molar-refractivity contribution in [3.63, 3.8) is 0 Å². The third-order valence-electron chi connectivity index (χ3n) is 3.94. The summed E-state index contributed by atoms with van der Waals surface area (Å²) in [6.07, 6.45) is 1.25. The zero-order chi connectivity index (χ0) is 13.9. The van der Waals surface area contributed by atoms with E-state index in [1.807, 2.05) is 0 Å². The molecule has 0 saturated carbocycles. The van der Waals surface area contributed by atoms with Crippen LogP contribution in [0.5, 0.6) is 0 Å². The molecule has 2 rings (SSSR count). The van der Waals surface area contributed by atoms with Crippen molar-refractivity contribution in [2.45, 2.75) is 46.2 Å². The van der Waals surface area contributed by atoms with Gasteiger partial charge in [0.15, 0.2) is 0 Å². The maximum atomic E-state index is 3.62. The number of piperazine rings is 1. The Hall–Kier alpha value is -0.860. The highest BCUT2D eigenvalue weighted by molar-refractivity contribution is 5.20. The Balaban J connectivity index is 2.07. The monoisotopic (exact) mass is 260 g/mol. The van der Waals surface area contributed by atoms with Crippen LogP contribution in [0.25, 0.3) is 0 Å². The van der Waals surface area contributed by atoms with Crippen LogP contribution in [0.1, 0.15) is 45.7 Å². The number of nitrogens with one attached hydrogen (secondary N) is 1. The smallest absolute Gasteiger partial charge is 0.0473 e. The minimum absolute atomic E-state index is 0.412. The van der Waals surface area contributed by atoms with Gasteiger partial charge in [-0.25, -0.2) is 0 Å². The number of hydrogen-bond donors (Lipinski definition) is 1. The lowest BCUT2D eigenvalue weighted by Crippen LogP contribution is -2.51. The van der Waals surface area contributed by atoms with Crippen molar-refractivity contribution in [2.75, 3.05) is 19.6 Å². The van der Waals surface area contributed by atoms with Gasteiger partial charge in [0, 0.05) is 25.2 Å². The van der Waals surface area contributed by atoms with Gasteiger partial charge in [0.2, 0.25) is 0 Å². The van der Waals surface area contributed by atoms with Gasteiger partial charge in [-0.1, -0.05) is 51.1 Å². The first kappa shape index (κ1) is 14.5. The molecule has 19 heavy (non-hydrogen) atoms. The van der Waals surface area contributed by atoms with Crippen molar-refractivity contribution in [1.82, 2.24) is 10.2 Å². The zero-order valence-electron chi connectivity index (χ0n) is 12.8. The second-order valence-corrected chi connectivity index (χ2v) is 7.04. The highest BCUT2D eigenvalue weighted by Gasteiger charge is 2.27. The van der Waals surface area contributed by atoms with Crippen LogP contribution in [-0.4, -0.2) is 30.6 Å². The topological polar surface area (TPSA) is 15.3 Å². The molecule has 0 aliphatic carbocycles. The quantitative estimate of drug-likeness (QED) is 0.895. The summed E-state index contributed by atoms with van der Waals surface area (Å²) in [6, 6.07) is 12.0. The second-order valence-electron chi connectivity index (χ2n) is 7.04. The number of hydrogen-bond acceptors (Lipinski definition) is 2. The van der Waals surface area contributed by atoms with Crippen molar-refractivity contribution >= 4 is 0 Å². The SMILES string of the molecule is CC1CN(CCC(C)(C)C)C(c2ccccc2)CN1. The van der Waals surface area contributed by atoms with Gasteiger partial charge in [-0.3, -0.25) is 4.90 Å². The molecule has 1 aliphatic heterocycles. The molecule has 0 aromatic heterocycles. The highest BCUT2D eigenvalue weighted by Crippen LogP contribution is 2.26. The van der Waals surface area contributed by atoms with Crippen molar-refractivity contribution in [3.05, 3.63) is 35.9 Å². The third kappa shape index (κ3) is 4.32. The summed E-state index contributed by atoms with van der Waals surface area (Å²) in [4.78, 5) is 2.65. The van der Waals surface area contributed by atoms with Gasteiger partial charge in [-0.15, -0.1) is 0 Å². The van der Waals surface area contributed by atoms with Gasteiger partial charge < -0.3 is 5.32 Å². The maximum absolute atomic E-state index is 3.62. The first-order valence-electron chi connectivity index (χ1n) is 7.48. The molecule has 2 heteroatoms. The Bertz CT molecular complexity index is 380. The van der Waals surface area contributed by atoms with E-state index in [9.17, 15) is 0 Å². The third-order valence-corrected chi connectivity index (χ3v) is 3.94. The Kier molecular flexibility index (Phi) is 4.64. The van der Waals surface area contributed by atoms with Crippen molar-refractivity contribution in [3.8, 4) is 0 Å². The lowest BCUT2D eigenvalue weighted by Gasteiger charge is -2.40. The van der Waals surface area contributed by atoms with E-state index in [1.165, 1.54) is 18.5 Å². The summed E-state index contributed by atoms with van der Waals surface area (Å²) in [5.74, 6) is 0. The molecular formula is C17H28N2. The number of benzene rings is 1. The van der Waals surface area contributed by atoms with Crippen molar-refractivity contribution in [1.29, 1.82) is 0 Å². The van der Waals surface area contributed by atoms with Gasteiger partial charge >= 0.3 is 0 Å². The first-order chi connectivity index (χ1) is 8.96. The van der Waals surface area contributed by atoms with Gasteiger partial charge in [0.1, 0.15) is 0 Å². The largest absolute Gasteiger partial charge is 0.311 e. The molecule has 1 heterocycles. The standard InChI is InChI=1S/C17H28N2/c1-14-13-19(11-10-17(2,3)4)16(12-18-14)15-8-6-5-7-9-15/h5-9,14,16,18H,10-13H2,1-4H3. The van der Waals surface area contributed by atoms with E-state index >= 15 is 0 Å². The van der Waals surface area contributed by atoms with Crippen LogP contribution in [0, 0.1) is 5.41 Å². The van der Waals surface area contributed by atoms with E-state index in [4.69, 9.17) is 0 Å². The molecule has 0 amide bonds. The molecule has 1 saturated heterocycles. The lowest BCUT2D eigenvalue weighted by atomic mass is 9.91. The van der Waals surface area contributed by atoms with Crippen molar-refractivity contribution in [2.24, 2.45) is 5.41 Å². The molecule has 106 valence electrons. The Labute approximate surface area is 118 Å².